The minimum absolute atomic E-state index is 0.00929. The van der Waals surface area contributed by atoms with Gasteiger partial charge in [-0.15, -0.1) is 0 Å². The van der Waals surface area contributed by atoms with Crippen LogP contribution in [0.2, 0.25) is 0 Å². The van der Waals surface area contributed by atoms with Gasteiger partial charge in [0, 0.05) is 0 Å². The van der Waals surface area contributed by atoms with Gasteiger partial charge in [0.1, 0.15) is 61.5 Å². The van der Waals surface area contributed by atoms with E-state index in [0.29, 0.717) is 0 Å². The molecule has 94 heavy (non-hydrogen) atoms. The van der Waals surface area contributed by atoms with Crippen molar-refractivity contribution in [2.24, 2.45) is 0 Å². The van der Waals surface area contributed by atoms with Crippen LogP contribution in [0.25, 0.3) is 0 Å². The molecule has 0 bridgehead atoms. The molecule has 0 radical (unpaired) electrons. The number of hydrogen-bond acceptors (Lipinski definition) is 15. The molecule has 3 fully saturated rings. The fourth-order valence-electron chi connectivity index (χ4n) is 11.7. The van der Waals surface area contributed by atoms with Crippen LogP contribution in [0, 0.1) is 0 Å². The van der Waals surface area contributed by atoms with Gasteiger partial charge in [0.15, 0.2) is 25.0 Å². The Balaban J connectivity index is 0.946. The third-order valence-corrected chi connectivity index (χ3v) is 16.6. The Kier molecular flexibility index (Phi) is 24.5. The predicted molar refractivity (Wildman–Crippen MR) is 350 cm³/mol. The minimum Gasteiger partial charge on any atom is -0.459 e. The minimum atomic E-state index is -1.43. The third kappa shape index (κ3) is 18.9. The van der Waals surface area contributed by atoms with Crippen molar-refractivity contribution in [2.45, 2.75) is 139 Å². The highest BCUT2D eigenvalue weighted by molar-refractivity contribution is 5.76. The summed E-state index contributed by atoms with van der Waals surface area (Å²) in [5.41, 5.74) is 8.06. The maximum Gasteiger partial charge on any atom is 0.338 e. The van der Waals surface area contributed by atoms with Crippen molar-refractivity contribution in [3.8, 4) is 0 Å². The Morgan fingerprint density at radius 1 is 0.298 bits per heavy atom. The summed E-state index contributed by atoms with van der Waals surface area (Å²) >= 11 is 0. The maximum atomic E-state index is 15.2. The summed E-state index contributed by atoms with van der Waals surface area (Å²) in [5.74, 6) is -0.694. The van der Waals surface area contributed by atoms with Gasteiger partial charge in [-0.2, -0.15) is 0 Å². The smallest absolute Gasteiger partial charge is 0.338 e. The number of carbonyl (C=O) groups excluding carboxylic acids is 1. The number of hydrogen-bond donors (Lipinski definition) is 0. The van der Waals surface area contributed by atoms with Crippen molar-refractivity contribution in [3.05, 3.63) is 323 Å². The predicted octanol–water partition coefficient (Wildman–Crippen LogP) is 13.3. The Labute approximate surface area is 550 Å². The van der Waals surface area contributed by atoms with Crippen LogP contribution >= 0.6 is 0 Å². The third-order valence-electron chi connectivity index (χ3n) is 16.6. The lowest BCUT2D eigenvalue weighted by molar-refractivity contribution is -0.337. The molecule has 0 saturated carbocycles. The van der Waals surface area contributed by atoms with Gasteiger partial charge in [-0.1, -0.05) is 273 Å². The average Bonchev–Trinajstić information content (AvgIpc) is 1.41. The van der Waals surface area contributed by atoms with E-state index in [0.717, 1.165) is 50.1 Å². The van der Waals surface area contributed by atoms with Crippen LogP contribution in [0.5, 0.6) is 0 Å². The summed E-state index contributed by atoms with van der Waals surface area (Å²) in [5, 5.41) is 0. The van der Waals surface area contributed by atoms with Crippen LogP contribution in [0.15, 0.2) is 273 Å². The highest BCUT2D eigenvalue weighted by atomic mass is 16.8. The Hall–Kier alpha value is -8.07. The molecule has 15 nitrogen and oxygen atoms in total. The summed E-state index contributed by atoms with van der Waals surface area (Å²) in [6.45, 7) is 1.34. The fourth-order valence-corrected chi connectivity index (χ4v) is 11.7. The lowest BCUT2D eigenvalue weighted by Gasteiger charge is -2.46. The molecule has 0 N–H and O–H groups in total. The molecule has 3 aliphatic heterocycles. The summed E-state index contributed by atoms with van der Waals surface area (Å²) in [7, 11) is 0. The molecule has 3 aliphatic rings. The molecule has 3 saturated heterocycles. The summed E-state index contributed by atoms with van der Waals surface area (Å²) in [6.07, 6.45) is -13.8. The van der Waals surface area contributed by atoms with Crippen molar-refractivity contribution < 1.29 is 71.1 Å². The number of rotatable bonds is 32. The highest BCUT2D eigenvalue weighted by Crippen LogP contribution is 2.39. The second-order valence-electron chi connectivity index (χ2n) is 23.4. The first-order valence-electron chi connectivity index (χ1n) is 32.2. The van der Waals surface area contributed by atoms with Gasteiger partial charge in [0.25, 0.3) is 0 Å². The SMILES string of the molecule is O=C(OCc1ccccc1)[C@H]1O[C@@H](O[C@@H]2[C@@H](OCc3ccccc3)[C@H](O[C@@H]3[C@@H](OCc4ccccc4)[C@@H](OCc4ccccc4)OC[C@H]3OCc3ccccc3)O[C@H]2COCc2ccccc2)[C@H](OCc2ccccc2)[C@@H](OCc2ccccc2)[C@@H]1OCc1ccccc1. The van der Waals surface area contributed by atoms with Crippen molar-refractivity contribution in [3.63, 3.8) is 0 Å². The van der Waals surface area contributed by atoms with Crippen LogP contribution in [0.4, 0.5) is 0 Å². The number of carbonyl (C=O) groups is 1. The van der Waals surface area contributed by atoms with Crippen molar-refractivity contribution in [1.82, 2.24) is 0 Å². The van der Waals surface area contributed by atoms with E-state index in [1.165, 1.54) is 0 Å². The first kappa shape index (κ1) is 66.0. The second kappa shape index (κ2) is 34.9. The number of benzene rings is 9. The fraction of sp³-hybridized carbons (Fsp3) is 0.304. The van der Waals surface area contributed by atoms with E-state index >= 15 is 4.79 Å². The first-order valence-corrected chi connectivity index (χ1v) is 32.2. The van der Waals surface area contributed by atoms with Gasteiger partial charge < -0.3 is 66.3 Å². The van der Waals surface area contributed by atoms with Gasteiger partial charge in [0.2, 0.25) is 0 Å². The van der Waals surface area contributed by atoms with Crippen molar-refractivity contribution >= 4 is 5.97 Å². The van der Waals surface area contributed by atoms with Gasteiger partial charge in [-0.3, -0.25) is 0 Å². The highest BCUT2D eigenvalue weighted by Gasteiger charge is 2.57. The van der Waals surface area contributed by atoms with Gasteiger partial charge >= 0.3 is 5.97 Å². The van der Waals surface area contributed by atoms with E-state index in [4.69, 9.17) is 66.3 Å². The van der Waals surface area contributed by atoms with E-state index in [1.807, 2.05) is 273 Å². The van der Waals surface area contributed by atoms with E-state index in [2.05, 4.69) is 0 Å². The van der Waals surface area contributed by atoms with E-state index in [9.17, 15) is 0 Å². The molecule has 13 atom stereocenters. The molecular weight excluding hydrogens is 1190 g/mol. The van der Waals surface area contributed by atoms with Crippen LogP contribution in [0.1, 0.15) is 50.1 Å². The molecule has 9 aromatic rings. The van der Waals surface area contributed by atoms with Crippen LogP contribution in [0.3, 0.4) is 0 Å². The largest absolute Gasteiger partial charge is 0.459 e. The van der Waals surface area contributed by atoms with Gasteiger partial charge in [-0.25, -0.2) is 4.79 Å². The molecular formula is C79H80O15. The summed E-state index contributed by atoms with van der Waals surface area (Å²) in [6, 6.07) is 88.4. The van der Waals surface area contributed by atoms with Crippen LogP contribution in [-0.2, 0) is 131 Å². The molecule has 9 aromatic carbocycles. The standard InChI is InChI=1S/C79H80O15/c80-76(88-53-64-42-24-8-25-43-64)72-70(83-48-59-32-14-3-15-33-59)71(84-49-60-34-16-4-17-35-60)75(87-52-63-40-22-7-23-41-63)79(94-72)93-69-67(55-81-46-57-28-10-1-11-29-57)91-78(74(69)86-51-62-38-20-6-21-39-62)92-68-66(82-47-58-30-12-2-13-31-58)56-90-77(89-54-65-44-26-9-27-45-65)73(68)85-50-61-36-18-5-19-37-61/h1-45,66-75,77-79H,46-56H2/t66-,67+,68+,69+,70+,71+,72+,73-,74-,75-,77+,78+,79-/m1/s1. The monoisotopic (exact) mass is 1270 g/mol. The number of ether oxygens (including phenoxy) is 14. The quantitative estimate of drug-likeness (QED) is 0.0368. The van der Waals surface area contributed by atoms with Crippen LogP contribution in [-0.4, -0.2) is 99.1 Å². The topological polar surface area (TPSA) is 146 Å². The van der Waals surface area contributed by atoms with Crippen molar-refractivity contribution in [1.29, 1.82) is 0 Å². The molecule has 486 valence electrons. The molecule has 0 unspecified atom stereocenters. The lowest BCUT2D eigenvalue weighted by Crippen LogP contribution is -2.64. The second-order valence-corrected chi connectivity index (χ2v) is 23.4. The summed E-state index contributed by atoms with van der Waals surface area (Å²) < 4.78 is 98.0. The van der Waals surface area contributed by atoms with Crippen molar-refractivity contribution in [2.75, 3.05) is 13.2 Å². The molecule has 0 aliphatic carbocycles. The van der Waals surface area contributed by atoms with E-state index in [1.54, 1.807) is 0 Å². The average molecular weight is 1270 g/mol. The molecule has 0 spiro atoms. The Morgan fingerprint density at radius 2 is 0.606 bits per heavy atom. The normalized spacial score (nSPS) is 24.4. The Morgan fingerprint density at radius 3 is 1.02 bits per heavy atom. The zero-order valence-corrected chi connectivity index (χ0v) is 52.4. The number of esters is 1. The van der Waals surface area contributed by atoms with Gasteiger partial charge in [-0.05, 0) is 50.1 Å². The van der Waals surface area contributed by atoms with Gasteiger partial charge in [0.05, 0.1) is 66.1 Å². The zero-order valence-electron chi connectivity index (χ0n) is 52.4. The molecule has 3 heterocycles. The Bertz CT molecular complexity index is 3570. The van der Waals surface area contributed by atoms with Crippen LogP contribution < -0.4 is 0 Å². The first-order chi connectivity index (χ1) is 46.5. The molecule has 0 amide bonds. The maximum absolute atomic E-state index is 15.2. The lowest BCUT2D eigenvalue weighted by atomic mass is 9.97. The van der Waals surface area contributed by atoms with E-state index in [-0.39, 0.29) is 72.7 Å². The zero-order chi connectivity index (χ0) is 63.8. The van der Waals surface area contributed by atoms with E-state index < -0.39 is 85.9 Å². The molecule has 0 aromatic heterocycles. The molecule has 12 rings (SSSR count). The molecule has 15 heteroatoms. The summed E-state index contributed by atoms with van der Waals surface area (Å²) in [4.78, 5) is 15.2.